The van der Waals surface area contributed by atoms with Gasteiger partial charge in [-0.1, -0.05) is 48.5 Å². The van der Waals surface area contributed by atoms with Crippen LogP contribution in [0.15, 0.2) is 72.9 Å². The first-order valence-electron chi connectivity index (χ1n) is 10.1. The van der Waals surface area contributed by atoms with E-state index in [0.717, 1.165) is 30.3 Å². The Hall–Kier alpha value is -2.88. The summed E-state index contributed by atoms with van der Waals surface area (Å²) in [5, 5.41) is 6.99. The number of carbonyl (C=O) groups excluding carboxylic acids is 1. The van der Waals surface area contributed by atoms with Crippen molar-refractivity contribution in [3.05, 3.63) is 84.2 Å². The predicted octanol–water partition coefficient (Wildman–Crippen LogP) is 4.89. The minimum Gasteiger partial charge on any atom is -0.358 e. The van der Waals surface area contributed by atoms with E-state index in [1.165, 1.54) is 31.2 Å². The summed E-state index contributed by atoms with van der Waals surface area (Å²) in [5.74, 6) is 1.42. The molecule has 1 aromatic heterocycles. The van der Waals surface area contributed by atoms with Gasteiger partial charge >= 0.3 is 0 Å². The smallest absolute Gasteiger partial charge is 0.207 e. The fourth-order valence-corrected chi connectivity index (χ4v) is 3.85. The van der Waals surface area contributed by atoms with Crippen LogP contribution in [0.25, 0.3) is 5.69 Å². The molecule has 0 bridgehead atoms. The third-order valence-corrected chi connectivity index (χ3v) is 5.44. The Balaban J connectivity index is 0.000000167. The third kappa shape index (κ3) is 5.56. The minimum absolute atomic E-state index is 0.685. The topological polar surface area (TPSA) is 46.9 Å². The number of para-hydroxylation sites is 1. The summed E-state index contributed by atoms with van der Waals surface area (Å²) in [6.45, 7) is 2.89. The number of carbonyl (C=O) groups is 1. The van der Waals surface area contributed by atoms with Gasteiger partial charge in [0.1, 0.15) is 0 Å². The van der Waals surface area contributed by atoms with Gasteiger partial charge in [0.15, 0.2) is 0 Å². The van der Waals surface area contributed by atoms with Crippen molar-refractivity contribution in [3.8, 4) is 5.69 Å². The quantitative estimate of drug-likeness (QED) is 0.646. The van der Waals surface area contributed by atoms with Crippen molar-refractivity contribution in [1.29, 1.82) is 0 Å². The zero-order valence-corrected chi connectivity index (χ0v) is 16.5. The van der Waals surface area contributed by atoms with Crippen LogP contribution in [0.2, 0.25) is 0 Å². The van der Waals surface area contributed by atoms with Crippen molar-refractivity contribution in [3.63, 3.8) is 0 Å². The van der Waals surface area contributed by atoms with Crippen molar-refractivity contribution in [1.82, 2.24) is 15.1 Å². The van der Waals surface area contributed by atoms with E-state index < -0.39 is 0 Å². The maximum Gasteiger partial charge on any atom is 0.207 e. The molecule has 1 heterocycles. The molecule has 0 radical (unpaired) electrons. The van der Waals surface area contributed by atoms with Crippen LogP contribution < -0.4 is 5.32 Å². The molecule has 28 heavy (non-hydrogen) atoms. The lowest BCUT2D eigenvalue weighted by Crippen LogP contribution is -2.25. The molecule has 1 fully saturated rings. The molecule has 0 unspecified atom stereocenters. The summed E-state index contributed by atoms with van der Waals surface area (Å²) in [5.41, 5.74) is 3.74. The number of aromatic nitrogens is 2. The van der Waals surface area contributed by atoms with Gasteiger partial charge in [-0.3, -0.25) is 4.79 Å². The maximum atomic E-state index is 10.2. The highest BCUT2D eigenvalue weighted by atomic mass is 16.1. The van der Waals surface area contributed by atoms with Gasteiger partial charge in [0.05, 0.1) is 5.69 Å². The van der Waals surface area contributed by atoms with Gasteiger partial charge in [-0.15, -0.1) is 0 Å². The zero-order valence-electron chi connectivity index (χ0n) is 16.5. The molecular weight excluding hydrogens is 346 g/mol. The Bertz CT molecular complexity index is 821. The highest BCUT2D eigenvalue weighted by Gasteiger charge is 2.21. The molecule has 0 aliphatic heterocycles. The lowest BCUT2D eigenvalue weighted by molar-refractivity contribution is -0.109. The summed E-state index contributed by atoms with van der Waals surface area (Å²) >= 11 is 0. The molecule has 3 aromatic rings. The molecule has 0 atom stereocenters. The van der Waals surface area contributed by atoms with Gasteiger partial charge < -0.3 is 5.32 Å². The largest absolute Gasteiger partial charge is 0.358 e. The van der Waals surface area contributed by atoms with E-state index in [4.69, 9.17) is 0 Å². The monoisotopic (exact) mass is 375 g/mol. The predicted molar refractivity (Wildman–Crippen MR) is 114 cm³/mol. The molecule has 4 heteroatoms. The van der Waals surface area contributed by atoms with Gasteiger partial charge in [-0.2, -0.15) is 5.10 Å². The van der Waals surface area contributed by atoms with Crippen molar-refractivity contribution in [2.45, 2.75) is 38.5 Å². The Labute approximate surface area is 167 Å². The van der Waals surface area contributed by atoms with Crippen molar-refractivity contribution in [2.75, 3.05) is 6.54 Å². The second-order valence-electron chi connectivity index (χ2n) is 7.37. The third-order valence-electron chi connectivity index (χ3n) is 5.44. The van der Waals surface area contributed by atoms with Crippen molar-refractivity contribution >= 4 is 6.41 Å². The van der Waals surface area contributed by atoms with E-state index in [1.807, 2.05) is 54.2 Å². The first-order chi connectivity index (χ1) is 13.8. The Morgan fingerprint density at radius 2 is 1.61 bits per heavy atom. The van der Waals surface area contributed by atoms with Gasteiger partial charge in [0.2, 0.25) is 6.41 Å². The Morgan fingerprint density at radius 1 is 0.964 bits per heavy atom. The van der Waals surface area contributed by atoms with Crippen LogP contribution in [-0.4, -0.2) is 22.7 Å². The van der Waals surface area contributed by atoms with Gasteiger partial charge in [0.25, 0.3) is 0 Å². The highest BCUT2D eigenvalue weighted by Crippen LogP contribution is 2.35. The number of benzene rings is 2. The van der Waals surface area contributed by atoms with Crippen LogP contribution in [-0.2, 0) is 4.79 Å². The summed E-state index contributed by atoms with van der Waals surface area (Å²) in [4.78, 5) is 10.2. The molecule has 4 rings (SSSR count). The van der Waals surface area contributed by atoms with Crippen molar-refractivity contribution < 1.29 is 4.79 Å². The second kappa shape index (κ2) is 10.5. The fourth-order valence-electron chi connectivity index (χ4n) is 3.85. The van der Waals surface area contributed by atoms with Crippen LogP contribution in [0.1, 0.15) is 42.9 Å². The van der Waals surface area contributed by atoms with Crippen LogP contribution in [0.4, 0.5) is 0 Å². The molecule has 146 valence electrons. The number of nitrogens with one attached hydrogen (secondary N) is 1. The van der Waals surface area contributed by atoms with Crippen LogP contribution >= 0.6 is 0 Å². The average molecular weight is 376 g/mol. The normalized spacial score (nSPS) is 18.6. The molecule has 0 spiro atoms. The molecule has 0 saturated heterocycles. The first kappa shape index (κ1) is 19.9. The van der Waals surface area contributed by atoms with E-state index in [1.54, 1.807) is 0 Å². The average Bonchev–Trinajstić information content (AvgIpc) is 3.20. The molecule has 1 aliphatic carbocycles. The van der Waals surface area contributed by atoms with E-state index in [2.05, 4.69) is 40.7 Å². The number of amides is 1. The summed E-state index contributed by atoms with van der Waals surface area (Å²) < 4.78 is 1.92. The van der Waals surface area contributed by atoms with Crippen molar-refractivity contribution in [2.24, 2.45) is 5.92 Å². The van der Waals surface area contributed by atoms with Gasteiger partial charge in [-0.25, -0.2) is 4.68 Å². The summed E-state index contributed by atoms with van der Waals surface area (Å²) in [6, 6.07) is 22.9. The zero-order chi connectivity index (χ0) is 19.6. The number of rotatable bonds is 5. The molecular formula is C24H29N3O. The Morgan fingerprint density at radius 3 is 2.18 bits per heavy atom. The highest BCUT2D eigenvalue weighted by molar-refractivity contribution is 5.45. The van der Waals surface area contributed by atoms with Crippen LogP contribution in [0.5, 0.6) is 0 Å². The van der Waals surface area contributed by atoms with E-state index in [9.17, 15) is 4.79 Å². The van der Waals surface area contributed by atoms with E-state index in [0.29, 0.717) is 5.92 Å². The van der Waals surface area contributed by atoms with Gasteiger partial charge in [-0.05, 0) is 68.2 Å². The summed E-state index contributed by atoms with van der Waals surface area (Å²) in [6.07, 6.45) is 7.61. The first-order valence-corrected chi connectivity index (χ1v) is 10.1. The number of hydrogen-bond acceptors (Lipinski definition) is 2. The minimum atomic E-state index is 0.685. The fraction of sp³-hybridized carbons (Fsp3) is 0.333. The lowest BCUT2D eigenvalue weighted by Gasteiger charge is -2.28. The standard InChI is InChI=1S/C14H19NO.C10H10N2/c16-11-15-10-12-6-8-14(9-7-12)13-4-2-1-3-5-13;1-9-7-8-11-12(9)10-5-3-2-4-6-10/h1-5,11-12,14H,6-10H2,(H,15,16);2-8H,1H3. The molecule has 1 aliphatic rings. The molecule has 2 aromatic carbocycles. The second-order valence-corrected chi connectivity index (χ2v) is 7.37. The SMILES string of the molecule is Cc1ccnn1-c1ccccc1.O=CNCC1CCC(c2ccccc2)CC1. The number of aryl methyl sites for hydroxylation is 1. The maximum absolute atomic E-state index is 10.2. The molecule has 4 nitrogen and oxygen atoms in total. The molecule has 1 N–H and O–H groups in total. The van der Waals surface area contributed by atoms with Crippen LogP contribution in [0.3, 0.4) is 0 Å². The van der Waals surface area contributed by atoms with E-state index in [-0.39, 0.29) is 0 Å². The number of hydrogen-bond donors (Lipinski definition) is 1. The molecule has 1 saturated carbocycles. The van der Waals surface area contributed by atoms with Crippen LogP contribution in [0, 0.1) is 12.8 Å². The Kier molecular flexibility index (Phi) is 7.42. The lowest BCUT2D eigenvalue weighted by atomic mass is 9.79. The number of nitrogens with zero attached hydrogens (tertiary/aromatic N) is 2. The molecule has 1 amide bonds. The summed E-state index contributed by atoms with van der Waals surface area (Å²) in [7, 11) is 0. The van der Waals surface area contributed by atoms with E-state index >= 15 is 0 Å². The van der Waals surface area contributed by atoms with Gasteiger partial charge in [0, 0.05) is 18.4 Å².